The van der Waals surface area contributed by atoms with Crippen molar-refractivity contribution in [1.82, 2.24) is 0 Å². The summed E-state index contributed by atoms with van der Waals surface area (Å²) in [6, 6.07) is 0. The van der Waals surface area contributed by atoms with E-state index in [9.17, 15) is 0 Å². The largest absolute Gasteiger partial charge is 0.389 e. The second-order valence-corrected chi connectivity index (χ2v) is 2.76. The SMILES string of the molecule is O[C]1C2C=CC(C2)C1O. The molecule has 3 unspecified atom stereocenters. The smallest absolute Gasteiger partial charge is 0.129 e. The van der Waals surface area contributed by atoms with Crippen LogP contribution in [0.25, 0.3) is 0 Å². The van der Waals surface area contributed by atoms with E-state index in [1.54, 1.807) is 0 Å². The van der Waals surface area contributed by atoms with Gasteiger partial charge < -0.3 is 10.2 Å². The number of fused-ring (bicyclic) bond motifs is 2. The lowest BCUT2D eigenvalue weighted by Gasteiger charge is -2.15. The van der Waals surface area contributed by atoms with Crippen LogP contribution in [0.2, 0.25) is 0 Å². The second-order valence-electron chi connectivity index (χ2n) is 2.76. The summed E-state index contributed by atoms with van der Waals surface area (Å²) in [5.41, 5.74) is 0. The molecule has 1 fully saturated rings. The molecular formula is C7H9O2. The summed E-state index contributed by atoms with van der Waals surface area (Å²) < 4.78 is 0. The lowest BCUT2D eigenvalue weighted by Crippen LogP contribution is -2.21. The maximum Gasteiger partial charge on any atom is 0.129 e. The monoisotopic (exact) mass is 125 g/mol. The van der Waals surface area contributed by atoms with Crippen molar-refractivity contribution in [1.29, 1.82) is 0 Å². The number of hydrogen-bond donors (Lipinski definition) is 2. The molecule has 0 aromatic carbocycles. The van der Waals surface area contributed by atoms with Gasteiger partial charge in [-0.25, -0.2) is 0 Å². The number of hydrogen-bond acceptors (Lipinski definition) is 2. The van der Waals surface area contributed by atoms with E-state index in [1.807, 2.05) is 12.2 Å². The lowest BCUT2D eigenvalue weighted by molar-refractivity contribution is 0.0876. The summed E-state index contributed by atoms with van der Waals surface area (Å²) in [4.78, 5) is 0. The van der Waals surface area contributed by atoms with Gasteiger partial charge in [0.25, 0.3) is 0 Å². The van der Waals surface area contributed by atoms with E-state index in [-0.39, 0.29) is 17.9 Å². The summed E-state index contributed by atoms with van der Waals surface area (Å²) in [5, 5.41) is 18.3. The van der Waals surface area contributed by atoms with Crippen LogP contribution in [0.5, 0.6) is 0 Å². The first-order valence-corrected chi connectivity index (χ1v) is 3.21. The quantitative estimate of drug-likeness (QED) is 0.462. The number of aliphatic hydroxyl groups is 2. The molecule has 0 aromatic heterocycles. The molecule has 3 atom stereocenters. The molecule has 2 N–H and O–H groups in total. The minimum absolute atomic E-state index is 0.157. The Morgan fingerprint density at radius 1 is 1.44 bits per heavy atom. The molecule has 1 saturated carbocycles. The van der Waals surface area contributed by atoms with Crippen molar-refractivity contribution in [3.8, 4) is 0 Å². The van der Waals surface area contributed by atoms with Gasteiger partial charge in [0.05, 0.1) is 6.10 Å². The van der Waals surface area contributed by atoms with Crippen molar-refractivity contribution in [3.63, 3.8) is 0 Å². The predicted molar refractivity (Wildman–Crippen MR) is 31.9 cm³/mol. The topological polar surface area (TPSA) is 40.5 Å². The second kappa shape index (κ2) is 1.58. The molecule has 2 nitrogen and oxygen atoms in total. The Hall–Kier alpha value is -0.340. The Morgan fingerprint density at radius 3 is 2.56 bits per heavy atom. The van der Waals surface area contributed by atoms with E-state index < -0.39 is 6.10 Å². The van der Waals surface area contributed by atoms with Crippen molar-refractivity contribution in [3.05, 3.63) is 18.3 Å². The highest BCUT2D eigenvalue weighted by atomic mass is 16.3. The molecule has 9 heavy (non-hydrogen) atoms. The van der Waals surface area contributed by atoms with Crippen LogP contribution in [-0.2, 0) is 0 Å². The summed E-state index contributed by atoms with van der Waals surface area (Å²) in [6.07, 6.45) is 4.55. The third-order valence-corrected chi connectivity index (χ3v) is 2.21. The highest BCUT2D eigenvalue weighted by molar-refractivity contribution is 5.22. The van der Waals surface area contributed by atoms with E-state index in [2.05, 4.69) is 0 Å². The van der Waals surface area contributed by atoms with Gasteiger partial charge in [0.2, 0.25) is 0 Å². The van der Waals surface area contributed by atoms with Gasteiger partial charge in [-0.15, -0.1) is 0 Å². The molecule has 0 amide bonds. The van der Waals surface area contributed by atoms with E-state index >= 15 is 0 Å². The van der Waals surface area contributed by atoms with Crippen molar-refractivity contribution in [2.75, 3.05) is 0 Å². The van der Waals surface area contributed by atoms with Crippen LogP contribution in [0, 0.1) is 17.9 Å². The average molecular weight is 125 g/mol. The van der Waals surface area contributed by atoms with Gasteiger partial charge in [0.1, 0.15) is 6.10 Å². The number of rotatable bonds is 0. The van der Waals surface area contributed by atoms with Gasteiger partial charge in [0, 0.05) is 11.8 Å². The fourth-order valence-corrected chi connectivity index (χ4v) is 1.62. The van der Waals surface area contributed by atoms with E-state index in [0.717, 1.165) is 6.42 Å². The third kappa shape index (κ3) is 0.575. The van der Waals surface area contributed by atoms with E-state index in [0.29, 0.717) is 0 Å². The zero-order valence-corrected chi connectivity index (χ0v) is 4.99. The standard InChI is InChI=1S/C7H9O2/c8-6-4-1-2-5(3-4)7(6)9/h1-2,4-6,8-9H,3H2. The molecule has 2 bridgehead atoms. The Kier molecular flexibility index (Phi) is 0.957. The molecule has 49 valence electrons. The van der Waals surface area contributed by atoms with Gasteiger partial charge in [-0.05, 0) is 6.42 Å². The van der Waals surface area contributed by atoms with Crippen LogP contribution < -0.4 is 0 Å². The maximum absolute atomic E-state index is 9.15. The Morgan fingerprint density at radius 2 is 2.22 bits per heavy atom. The third-order valence-electron chi connectivity index (χ3n) is 2.21. The Labute approximate surface area is 53.8 Å². The molecule has 0 aliphatic heterocycles. The molecule has 0 saturated heterocycles. The van der Waals surface area contributed by atoms with Crippen LogP contribution in [0.15, 0.2) is 12.2 Å². The highest BCUT2D eigenvalue weighted by Crippen LogP contribution is 2.43. The molecule has 0 aromatic rings. The van der Waals surface area contributed by atoms with Crippen LogP contribution in [0.3, 0.4) is 0 Å². The lowest BCUT2D eigenvalue weighted by atomic mass is 10.0. The first kappa shape index (κ1) is 5.45. The van der Waals surface area contributed by atoms with Crippen molar-refractivity contribution >= 4 is 0 Å². The Balaban J connectivity index is 2.26. The van der Waals surface area contributed by atoms with Gasteiger partial charge in [-0.1, -0.05) is 12.2 Å². The highest BCUT2D eigenvalue weighted by Gasteiger charge is 2.43. The summed E-state index contributed by atoms with van der Waals surface area (Å²) in [5.74, 6) is 0.361. The molecule has 1 radical (unpaired) electrons. The molecule has 0 spiro atoms. The molecule has 2 aliphatic rings. The molecular weight excluding hydrogens is 116 g/mol. The fourth-order valence-electron chi connectivity index (χ4n) is 1.62. The zero-order valence-electron chi connectivity index (χ0n) is 4.99. The Bertz CT molecular complexity index is 137. The maximum atomic E-state index is 9.15. The van der Waals surface area contributed by atoms with Crippen LogP contribution >= 0.6 is 0 Å². The van der Waals surface area contributed by atoms with Gasteiger partial charge in [0.15, 0.2) is 0 Å². The van der Waals surface area contributed by atoms with Gasteiger partial charge in [-0.3, -0.25) is 0 Å². The molecule has 2 rings (SSSR count). The van der Waals surface area contributed by atoms with Crippen molar-refractivity contribution in [2.45, 2.75) is 12.5 Å². The minimum Gasteiger partial charge on any atom is -0.389 e. The molecule has 2 aliphatic carbocycles. The van der Waals surface area contributed by atoms with Crippen LogP contribution in [0.1, 0.15) is 6.42 Å². The zero-order chi connectivity index (χ0) is 6.43. The van der Waals surface area contributed by atoms with Crippen LogP contribution in [-0.4, -0.2) is 16.3 Å². The van der Waals surface area contributed by atoms with E-state index in [1.165, 1.54) is 0 Å². The van der Waals surface area contributed by atoms with Crippen molar-refractivity contribution in [2.24, 2.45) is 11.8 Å². The normalized spacial score (nSPS) is 48.9. The first-order valence-electron chi connectivity index (χ1n) is 3.21. The average Bonchev–Trinajstić information content (AvgIpc) is 2.37. The van der Waals surface area contributed by atoms with Crippen LogP contribution in [0.4, 0.5) is 0 Å². The number of aliphatic hydroxyl groups excluding tert-OH is 2. The summed E-state index contributed by atoms with van der Waals surface area (Å²) in [6.45, 7) is 0. The van der Waals surface area contributed by atoms with Crippen molar-refractivity contribution < 1.29 is 10.2 Å². The fraction of sp³-hybridized carbons (Fsp3) is 0.571. The van der Waals surface area contributed by atoms with Gasteiger partial charge >= 0.3 is 0 Å². The predicted octanol–water partition coefficient (Wildman–Crippen LogP) is 0.458. The molecule has 0 heterocycles. The van der Waals surface area contributed by atoms with E-state index in [4.69, 9.17) is 10.2 Å². The molecule has 2 heteroatoms. The summed E-state index contributed by atoms with van der Waals surface area (Å²) >= 11 is 0. The van der Waals surface area contributed by atoms with Gasteiger partial charge in [-0.2, -0.15) is 0 Å². The first-order chi connectivity index (χ1) is 4.29. The summed E-state index contributed by atoms with van der Waals surface area (Å²) in [7, 11) is 0. The minimum atomic E-state index is -0.569.